The summed E-state index contributed by atoms with van der Waals surface area (Å²) in [6.07, 6.45) is 1.69. The van der Waals surface area contributed by atoms with Gasteiger partial charge in [-0.3, -0.25) is 14.9 Å². The van der Waals surface area contributed by atoms with E-state index in [1.54, 1.807) is 30.3 Å². The molecule has 0 unspecified atom stereocenters. The first-order valence-electron chi connectivity index (χ1n) is 6.91. The molecule has 1 saturated heterocycles. The van der Waals surface area contributed by atoms with E-state index >= 15 is 0 Å². The predicted octanol–water partition coefficient (Wildman–Crippen LogP) is 4.79. The Bertz CT molecular complexity index is 927. The summed E-state index contributed by atoms with van der Waals surface area (Å²) in [6.45, 7) is 0. The zero-order chi connectivity index (χ0) is 18.0. The first-order chi connectivity index (χ1) is 11.9. The molecule has 3 rings (SSSR count). The first kappa shape index (κ1) is 17.5. The van der Waals surface area contributed by atoms with Crippen LogP contribution in [0, 0.1) is 10.1 Å². The van der Waals surface area contributed by atoms with Crippen LogP contribution in [0.4, 0.5) is 11.4 Å². The number of hydrogen-bond acceptors (Lipinski definition) is 5. The number of hydrogen-bond donors (Lipinski definition) is 1. The average Bonchev–Trinajstić information content (AvgIpc) is 2.90. The van der Waals surface area contributed by atoms with Gasteiger partial charge < -0.3 is 5.32 Å². The number of carbonyl (C=O) groups excluding carboxylic acids is 1. The number of nitrogens with zero attached hydrogens (tertiary/aromatic N) is 2. The van der Waals surface area contributed by atoms with Crippen molar-refractivity contribution in [3.8, 4) is 0 Å². The van der Waals surface area contributed by atoms with Gasteiger partial charge >= 0.3 is 0 Å². The van der Waals surface area contributed by atoms with E-state index < -0.39 is 4.92 Å². The summed E-state index contributed by atoms with van der Waals surface area (Å²) in [5, 5.41) is 14.8. The van der Waals surface area contributed by atoms with Crippen LogP contribution < -0.4 is 5.32 Å². The Hall–Kier alpha value is -2.35. The van der Waals surface area contributed by atoms with E-state index in [1.807, 2.05) is 0 Å². The lowest BCUT2D eigenvalue weighted by Crippen LogP contribution is -2.19. The molecule has 126 valence electrons. The van der Waals surface area contributed by atoms with E-state index in [9.17, 15) is 14.9 Å². The highest BCUT2D eigenvalue weighted by atomic mass is 35.5. The van der Waals surface area contributed by atoms with Gasteiger partial charge in [0.15, 0.2) is 5.17 Å². The van der Waals surface area contributed by atoms with E-state index in [0.29, 0.717) is 9.93 Å². The maximum absolute atomic E-state index is 12.1. The third-order valence-corrected chi connectivity index (χ3v) is 4.57. The molecule has 0 aliphatic carbocycles. The molecule has 9 heteroatoms. The number of rotatable bonds is 3. The number of benzene rings is 2. The largest absolute Gasteiger partial charge is 0.300 e. The van der Waals surface area contributed by atoms with Crippen LogP contribution in [0.15, 0.2) is 52.4 Å². The molecular weight excluding hydrogens is 385 g/mol. The molecule has 2 aromatic rings. The molecule has 0 bridgehead atoms. The Kier molecular flexibility index (Phi) is 5.08. The third-order valence-electron chi connectivity index (χ3n) is 3.17. The Morgan fingerprint density at radius 1 is 1.12 bits per heavy atom. The van der Waals surface area contributed by atoms with Gasteiger partial charge in [-0.2, -0.15) is 0 Å². The quantitative estimate of drug-likeness (QED) is 0.461. The van der Waals surface area contributed by atoms with Crippen LogP contribution in [-0.2, 0) is 4.79 Å². The van der Waals surface area contributed by atoms with Crippen LogP contribution in [0.1, 0.15) is 5.56 Å². The summed E-state index contributed by atoms with van der Waals surface area (Å²) >= 11 is 12.7. The number of nitro benzene ring substituents is 1. The van der Waals surface area contributed by atoms with Crippen LogP contribution in [0.2, 0.25) is 10.0 Å². The molecule has 1 aliphatic heterocycles. The van der Waals surface area contributed by atoms with Crippen LogP contribution in [0.5, 0.6) is 0 Å². The van der Waals surface area contributed by atoms with Crippen molar-refractivity contribution < 1.29 is 9.72 Å². The van der Waals surface area contributed by atoms with E-state index in [0.717, 1.165) is 17.3 Å². The number of halogens is 2. The SMILES string of the molecule is O=C1NC(=Nc2ccc(Cl)cc2[N+](=O)[O-])S/C1=C/c1ccc(Cl)cc1. The van der Waals surface area contributed by atoms with Crippen molar-refractivity contribution in [1.82, 2.24) is 5.32 Å². The molecule has 25 heavy (non-hydrogen) atoms. The molecule has 1 N–H and O–H groups in total. The van der Waals surface area contributed by atoms with Crippen molar-refractivity contribution in [1.29, 1.82) is 0 Å². The van der Waals surface area contributed by atoms with Gasteiger partial charge in [0, 0.05) is 16.1 Å². The van der Waals surface area contributed by atoms with Gasteiger partial charge in [0.25, 0.3) is 11.6 Å². The van der Waals surface area contributed by atoms with Crippen molar-refractivity contribution >= 4 is 63.5 Å². The van der Waals surface area contributed by atoms with Gasteiger partial charge in [-0.25, -0.2) is 4.99 Å². The number of nitro groups is 1. The Balaban J connectivity index is 1.89. The van der Waals surface area contributed by atoms with Crippen molar-refractivity contribution in [2.45, 2.75) is 0 Å². The molecule has 0 spiro atoms. The Morgan fingerprint density at radius 3 is 2.48 bits per heavy atom. The van der Waals surface area contributed by atoms with Gasteiger partial charge in [0.05, 0.1) is 9.83 Å². The van der Waals surface area contributed by atoms with Crippen LogP contribution >= 0.6 is 35.0 Å². The summed E-state index contributed by atoms with van der Waals surface area (Å²) in [5.74, 6) is -0.324. The standard InChI is InChI=1S/C16H9Cl2N3O3S/c17-10-3-1-9(2-4-10)7-14-15(22)20-16(25-14)19-12-6-5-11(18)8-13(12)21(23)24/h1-8H,(H,19,20,22)/b14-7+. The minimum absolute atomic E-state index is 0.116. The molecule has 0 aromatic heterocycles. The summed E-state index contributed by atoms with van der Waals surface area (Å²) < 4.78 is 0. The smallest absolute Gasteiger partial charge is 0.296 e. The number of thioether (sulfide) groups is 1. The highest BCUT2D eigenvalue weighted by molar-refractivity contribution is 8.18. The van der Waals surface area contributed by atoms with Gasteiger partial charge in [0.2, 0.25) is 0 Å². The number of amides is 1. The number of amidine groups is 1. The van der Waals surface area contributed by atoms with E-state index in [2.05, 4.69) is 10.3 Å². The summed E-state index contributed by atoms with van der Waals surface area (Å²) in [4.78, 5) is 27.2. The lowest BCUT2D eigenvalue weighted by atomic mass is 10.2. The summed E-state index contributed by atoms with van der Waals surface area (Å²) in [7, 11) is 0. The van der Waals surface area contributed by atoms with E-state index in [4.69, 9.17) is 23.2 Å². The molecular formula is C16H9Cl2N3O3S. The molecule has 1 fully saturated rings. The van der Waals surface area contributed by atoms with Gasteiger partial charge in [-0.05, 0) is 47.7 Å². The second-order valence-corrected chi connectivity index (χ2v) is 6.83. The molecule has 6 nitrogen and oxygen atoms in total. The van der Waals surface area contributed by atoms with Crippen molar-refractivity contribution in [3.63, 3.8) is 0 Å². The molecule has 0 atom stereocenters. The van der Waals surface area contributed by atoms with Crippen LogP contribution in [0.25, 0.3) is 6.08 Å². The molecule has 1 aliphatic rings. The van der Waals surface area contributed by atoms with Gasteiger partial charge in [-0.1, -0.05) is 35.3 Å². The van der Waals surface area contributed by atoms with E-state index in [-0.39, 0.29) is 27.5 Å². The predicted molar refractivity (Wildman–Crippen MR) is 100 cm³/mol. The molecule has 0 radical (unpaired) electrons. The van der Waals surface area contributed by atoms with Crippen molar-refractivity contribution in [3.05, 3.63) is 73.1 Å². The van der Waals surface area contributed by atoms with Crippen molar-refractivity contribution in [2.24, 2.45) is 4.99 Å². The van der Waals surface area contributed by atoms with Gasteiger partial charge in [0.1, 0.15) is 5.69 Å². The normalized spacial score (nSPS) is 17.1. The topological polar surface area (TPSA) is 84.6 Å². The number of aliphatic imine (C=N–C) groups is 1. The van der Waals surface area contributed by atoms with Gasteiger partial charge in [-0.15, -0.1) is 0 Å². The fourth-order valence-corrected chi connectivity index (χ4v) is 3.16. The lowest BCUT2D eigenvalue weighted by Gasteiger charge is -1.99. The highest BCUT2D eigenvalue weighted by Crippen LogP contribution is 2.33. The first-order valence-corrected chi connectivity index (χ1v) is 8.49. The van der Waals surface area contributed by atoms with E-state index in [1.165, 1.54) is 18.2 Å². The maximum Gasteiger partial charge on any atom is 0.296 e. The molecule has 0 saturated carbocycles. The third kappa shape index (κ3) is 4.19. The molecule has 1 heterocycles. The second kappa shape index (κ2) is 7.26. The van der Waals surface area contributed by atoms with Crippen LogP contribution in [0.3, 0.4) is 0 Å². The van der Waals surface area contributed by atoms with Crippen LogP contribution in [-0.4, -0.2) is 16.0 Å². The number of carbonyl (C=O) groups is 1. The summed E-state index contributed by atoms with van der Waals surface area (Å²) in [6, 6.07) is 11.1. The lowest BCUT2D eigenvalue weighted by molar-refractivity contribution is -0.384. The maximum atomic E-state index is 12.1. The Labute approximate surface area is 156 Å². The summed E-state index contributed by atoms with van der Waals surface area (Å²) in [5.41, 5.74) is 0.690. The minimum atomic E-state index is -0.572. The minimum Gasteiger partial charge on any atom is -0.300 e. The number of nitrogens with one attached hydrogen (secondary N) is 1. The monoisotopic (exact) mass is 393 g/mol. The zero-order valence-corrected chi connectivity index (χ0v) is 14.7. The van der Waals surface area contributed by atoms with Crippen molar-refractivity contribution in [2.75, 3.05) is 0 Å². The fourth-order valence-electron chi connectivity index (χ4n) is 2.04. The zero-order valence-electron chi connectivity index (χ0n) is 12.4. The fraction of sp³-hybridized carbons (Fsp3) is 0. The average molecular weight is 394 g/mol. The Morgan fingerprint density at radius 2 is 1.80 bits per heavy atom. The second-order valence-electron chi connectivity index (χ2n) is 4.92. The molecule has 2 aromatic carbocycles. The molecule has 1 amide bonds. The highest BCUT2D eigenvalue weighted by Gasteiger charge is 2.25.